The van der Waals surface area contributed by atoms with Gasteiger partial charge in [0, 0.05) is 30.6 Å². The Balaban J connectivity index is 1.61. The van der Waals surface area contributed by atoms with Gasteiger partial charge in [-0.3, -0.25) is 14.7 Å². The van der Waals surface area contributed by atoms with E-state index in [0.717, 1.165) is 11.3 Å². The summed E-state index contributed by atoms with van der Waals surface area (Å²) in [5.74, 6) is 0.421. The van der Waals surface area contributed by atoms with Crippen molar-refractivity contribution < 1.29 is 4.79 Å². The highest BCUT2D eigenvalue weighted by atomic mass is 16.1. The Labute approximate surface area is 132 Å². The zero-order valence-electron chi connectivity index (χ0n) is 12.7. The number of amides is 1. The molecule has 1 aromatic carbocycles. The number of hydrogen-bond acceptors (Lipinski definition) is 4. The number of aromatic amines is 2. The maximum absolute atomic E-state index is 12.0. The lowest BCUT2D eigenvalue weighted by atomic mass is 10.2. The number of H-pyrrole nitrogens is 2. The number of hydrogen-bond donors (Lipinski definition) is 3. The normalized spacial score (nSPS) is 10.8. The number of aryl methyl sites for hydroxylation is 2. The molecule has 7 heteroatoms. The number of carbonyl (C=O) groups excluding carboxylic acids is 1. The summed E-state index contributed by atoms with van der Waals surface area (Å²) in [5.41, 5.74) is 2.35. The van der Waals surface area contributed by atoms with Crippen LogP contribution < -0.4 is 10.9 Å². The van der Waals surface area contributed by atoms with Crippen LogP contribution in [0.1, 0.15) is 23.5 Å². The van der Waals surface area contributed by atoms with E-state index < -0.39 is 0 Å². The maximum Gasteiger partial charge on any atom is 0.258 e. The minimum Gasteiger partial charge on any atom is -0.352 e. The second-order valence-corrected chi connectivity index (χ2v) is 5.33. The second-order valence-electron chi connectivity index (χ2n) is 5.33. The van der Waals surface area contributed by atoms with E-state index >= 15 is 0 Å². The van der Waals surface area contributed by atoms with Gasteiger partial charge in [-0.25, -0.2) is 4.98 Å². The first-order valence-corrected chi connectivity index (χ1v) is 7.37. The fourth-order valence-corrected chi connectivity index (χ4v) is 2.32. The van der Waals surface area contributed by atoms with Crippen molar-refractivity contribution in [2.45, 2.75) is 26.3 Å². The molecule has 3 aromatic rings. The van der Waals surface area contributed by atoms with Crippen molar-refractivity contribution in [2.24, 2.45) is 0 Å². The number of nitrogens with zero attached hydrogens (tertiary/aromatic N) is 2. The molecule has 0 aliphatic rings. The number of nitrogens with one attached hydrogen (secondary N) is 3. The molecule has 1 amide bonds. The third-order valence-corrected chi connectivity index (χ3v) is 3.66. The van der Waals surface area contributed by atoms with Crippen LogP contribution in [0.15, 0.2) is 35.3 Å². The summed E-state index contributed by atoms with van der Waals surface area (Å²) in [4.78, 5) is 31.0. The number of aromatic nitrogens is 4. The molecule has 0 bridgehead atoms. The molecule has 2 aromatic heterocycles. The van der Waals surface area contributed by atoms with Crippen LogP contribution >= 0.6 is 0 Å². The van der Waals surface area contributed by atoms with Gasteiger partial charge in [-0.2, -0.15) is 5.10 Å². The van der Waals surface area contributed by atoms with Gasteiger partial charge in [0.2, 0.25) is 5.91 Å². The van der Waals surface area contributed by atoms with Crippen molar-refractivity contribution in [1.29, 1.82) is 0 Å². The predicted octanol–water partition coefficient (Wildman–Crippen LogP) is 1.20. The van der Waals surface area contributed by atoms with Crippen LogP contribution in [-0.4, -0.2) is 26.1 Å². The van der Waals surface area contributed by atoms with E-state index in [0.29, 0.717) is 29.7 Å². The van der Waals surface area contributed by atoms with E-state index in [1.807, 2.05) is 13.0 Å². The Morgan fingerprint density at radius 2 is 2.13 bits per heavy atom. The lowest BCUT2D eigenvalue weighted by molar-refractivity contribution is -0.121. The largest absolute Gasteiger partial charge is 0.352 e. The Hall–Kier alpha value is -2.96. The molecule has 3 rings (SSSR count). The molecule has 0 saturated heterocycles. The SMILES string of the molecule is Cc1[nH]ncc1CNC(=O)CCc1nc2ccccc2c(=O)[nH]1. The highest BCUT2D eigenvalue weighted by molar-refractivity contribution is 5.78. The standard InChI is InChI=1S/C16H17N5O2/c1-10-11(9-18-21-10)8-17-15(22)7-6-14-19-13-5-3-2-4-12(13)16(23)20-14/h2-5,9H,6-8H2,1H3,(H,17,22)(H,18,21)(H,19,20,23). The molecule has 7 nitrogen and oxygen atoms in total. The molecule has 0 aliphatic heterocycles. The van der Waals surface area contributed by atoms with Crippen molar-refractivity contribution in [3.8, 4) is 0 Å². The predicted molar refractivity (Wildman–Crippen MR) is 85.9 cm³/mol. The summed E-state index contributed by atoms with van der Waals surface area (Å²) >= 11 is 0. The van der Waals surface area contributed by atoms with E-state index in [1.165, 1.54) is 0 Å². The maximum atomic E-state index is 12.0. The van der Waals surface area contributed by atoms with Crippen molar-refractivity contribution in [3.63, 3.8) is 0 Å². The van der Waals surface area contributed by atoms with Gasteiger partial charge in [-0.1, -0.05) is 12.1 Å². The van der Waals surface area contributed by atoms with Crippen molar-refractivity contribution in [1.82, 2.24) is 25.5 Å². The van der Waals surface area contributed by atoms with Crippen LogP contribution in [0.5, 0.6) is 0 Å². The highest BCUT2D eigenvalue weighted by Gasteiger charge is 2.07. The van der Waals surface area contributed by atoms with E-state index in [4.69, 9.17) is 0 Å². The van der Waals surface area contributed by atoms with Gasteiger partial charge >= 0.3 is 0 Å². The first-order valence-electron chi connectivity index (χ1n) is 7.37. The molecule has 0 fully saturated rings. The van der Waals surface area contributed by atoms with Gasteiger partial charge in [0.1, 0.15) is 5.82 Å². The summed E-state index contributed by atoms with van der Waals surface area (Å²) in [6.45, 7) is 2.33. The molecule has 0 radical (unpaired) electrons. The van der Waals surface area contributed by atoms with Crippen LogP contribution in [0.3, 0.4) is 0 Å². The molecular weight excluding hydrogens is 294 g/mol. The topological polar surface area (TPSA) is 104 Å². The van der Waals surface area contributed by atoms with Crippen molar-refractivity contribution in [3.05, 3.63) is 57.9 Å². The second kappa shape index (κ2) is 6.43. The Morgan fingerprint density at radius 1 is 1.30 bits per heavy atom. The molecule has 0 unspecified atom stereocenters. The first kappa shape index (κ1) is 15.0. The third-order valence-electron chi connectivity index (χ3n) is 3.66. The third kappa shape index (κ3) is 3.45. The van der Waals surface area contributed by atoms with Crippen LogP contribution in [0.25, 0.3) is 10.9 Å². The lowest BCUT2D eigenvalue weighted by Gasteiger charge is -2.05. The molecule has 0 saturated carbocycles. The molecule has 118 valence electrons. The van der Waals surface area contributed by atoms with Crippen LogP contribution in [0.4, 0.5) is 0 Å². The fraction of sp³-hybridized carbons (Fsp3) is 0.250. The number of benzene rings is 1. The van der Waals surface area contributed by atoms with Gasteiger partial charge in [0.15, 0.2) is 0 Å². The van der Waals surface area contributed by atoms with Crippen LogP contribution in [-0.2, 0) is 17.8 Å². The minimum atomic E-state index is -0.181. The summed E-state index contributed by atoms with van der Waals surface area (Å²) in [6, 6.07) is 7.14. The van der Waals surface area contributed by atoms with Gasteiger partial charge in [0.05, 0.1) is 17.1 Å². The molecular formula is C16H17N5O2. The molecule has 3 N–H and O–H groups in total. The molecule has 23 heavy (non-hydrogen) atoms. The van der Waals surface area contributed by atoms with Gasteiger partial charge in [0.25, 0.3) is 5.56 Å². The average Bonchev–Trinajstić information content (AvgIpc) is 2.96. The zero-order valence-corrected chi connectivity index (χ0v) is 12.7. The molecule has 0 atom stereocenters. The first-order chi connectivity index (χ1) is 11.1. The van der Waals surface area contributed by atoms with E-state index in [2.05, 4.69) is 25.5 Å². The van der Waals surface area contributed by atoms with Crippen molar-refractivity contribution in [2.75, 3.05) is 0 Å². The van der Waals surface area contributed by atoms with Crippen LogP contribution in [0.2, 0.25) is 0 Å². The molecule has 0 spiro atoms. The van der Waals surface area contributed by atoms with E-state index in [9.17, 15) is 9.59 Å². The Kier molecular flexibility index (Phi) is 4.18. The fourth-order valence-electron chi connectivity index (χ4n) is 2.32. The lowest BCUT2D eigenvalue weighted by Crippen LogP contribution is -2.24. The highest BCUT2D eigenvalue weighted by Crippen LogP contribution is 2.07. The summed E-state index contributed by atoms with van der Waals surface area (Å²) in [5, 5.41) is 10.1. The number of carbonyl (C=O) groups is 1. The molecule has 2 heterocycles. The van der Waals surface area contributed by atoms with Crippen molar-refractivity contribution >= 4 is 16.8 Å². The summed E-state index contributed by atoms with van der Waals surface area (Å²) in [7, 11) is 0. The number of fused-ring (bicyclic) bond motifs is 1. The average molecular weight is 311 g/mol. The minimum absolute atomic E-state index is 0.0959. The smallest absolute Gasteiger partial charge is 0.258 e. The van der Waals surface area contributed by atoms with Gasteiger partial charge < -0.3 is 10.3 Å². The van der Waals surface area contributed by atoms with E-state index in [-0.39, 0.29) is 17.9 Å². The van der Waals surface area contributed by atoms with E-state index in [1.54, 1.807) is 24.4 Å². The number of rotatable bonds is 5. The van der Waals surface area contributed by atoms with Gasteiger partial charge in [-0.15, -0.1) is 0 Å². The number of para-hydroxylation sites is 1. The summed E-state index contributed by atoms with van der Waals surface area (Å²) < 4.78 is 0. The summed E-state index contributed by atoms with van der Waals surface area (Å²) in [6.07, 6.45) is 2.34. The monoisotopic (exact) mass is 311 g/mol. The Morgan fingerprint density at radius 3 is 2.91 bits per heavy atom. The van der Waals surface area contributed by atoms with Crippen LogP contribution in [0, 0.1) is 6.92 Å². The quantitative estimate of drug-likeness (QED) is 0.658. The van der Waals surface area contributed by atoms with Gasteiger partial charge in [-0.05, 0) is 19.1 Å². The Bertz CT molecular complexity index is 897. The zero-order chi connectivity index (χ0) is 16.2. The molecule has 0 aliphatic carbocycles.